The number of amides is 4. The smallest absolute Gasteiger partial charge is 0.325 e. The van der Waals surface area contributed by atoms with Crippen molar-refractivity contribution < 1.29 is 14.4 Å². The lowest BCUT2D eigenvalue weighted by atomic mass is 9.74. The Labute approximate surface area is 213 Å². The molecule has 0 aliphatic carbocycles. The topological polar surface area (TPSA) is 73.0 Å². The van der Waals surface area contributed by atoms with Crippen LogP contribution in [0, 0.1) is 5.92 Å². The highest BCUT2D eigenvalue weighted by Gasteiger charge is 2.55. The summed E-state index contributed by atoms with van der Waals surface area (Å²) in [6.45, 7) is 2.12. The molecule has 2 saturated heterocycles. The second-order valence-electron chi connectivity index (χ2n) is 9.99. The Balaban J connectivity index is 1.46. The Morgan fingerprint density at radius 1 is 1.03 bits per heavy atom. The molecule has 2 fully saturated rings. The van der Waals surface area contributed by atoms with Crippen molar-refractivity contribution >= 4 is 23.9 Å². The molecular formula is C29H36N4O3. The Morgan fingerprint density at radius 3 is 2.31 bits per heavy atom. The van der Waals surface area contributed by atoms with E-state index in [-0.39, 0.29) is 23.8 Å². The van der Waals surface area contributed by atoms with Crippen LogP contribution in [-0.4, -0.2) is 78.4 Å². The fraction of sp³-hybridized carbons (Fsp3) is 0.414. The number of nitrogens with one attached hydrogen (secondary N) is 1. The van der Waals surface area contributed by atoms with Crippen molar-refractivity contribution in [1.82, 2.24) is 20.0 Å². The number of nitrogens with zero attached hydrogens (tertiary/aromatic N) is 3. The number of imide groups is 1. The maximum absolute atomic E-state index is 13.8. The van der Waals surface area contributed by atoms with Crippen molar-refractivity contribution in [3.8, 4) is 0 Å². The molecule has 2 aromatic rings. The predicted molar refractivity (Wildman–Crippen MR) is 141 cm³/mol. The first kappa shape index (κ1) is 25.6. The van der Waals surface area contributed by atoms with E-state index in [4.69, 9.17) is 0 Å². The van der Waals surface area contributed by atoms with Crippen LogP contribution in [0.2, 0.25) is 0 Å². The second-order valence-corrected chi connectivity index (χ2v) is 9.99. The third-order valence-electron chi connectivity index (χ3n) is 7.35. The third-order valence-corrected chi connectivity index (χ3v) is 7.35. The molecule has 2 aliphatic rings. The maximum Gasteiger partial charge on any atom is 0.325 e. The summed E-state index contributed by atoms with van der Waals surface area (Å²) in [5, 5.41) is 3.12. The van der Waals surface area contributed by atoms with Crippen LogP contribution in [0.3, 0.4) is 0 Å². The Hall–Kier alpha value is -3.45. The molecule has 0 spiro atoms. The molecule has 2 heterocycles. The normalized spacial score (nSPS) is 21.0. The van der Waals surface area contributed by atoms with Crippen LogP contribution < -0.4 is 5.32 Å². The van der Waals surface area contributed by atoms with E-state index in [9.17, 15) is 14.4 Å². The Kier molecular flexibility index (Phi) is 8.21. The summed E-state index contributed by atoms with van der Waals surface area (Å²) in [7, 11) is 3.86. The van der Waals surface area contributed by atoms with Gasteiger partial charge in [0.25, 0.3) is 5.91 Å². The molecule has 2 aliphatic heterocycles. The molecule has 4 rings (SSSR count). The number of urea groups is 1. The molecule has 36 heavy (non-hydrogen) atoms. The molecule has 1 atom stereocenters. The summed E-state index contributed by atoms with van der Waals surface area (Å²) in [5.74, 6) is -0.173. The molecule has 7 heteroatoms. The summed E-state index contributed by atoms with van der Waals surface area (Å²) < 4.78 is 0. The highest BCUT2D eigenvalue weighted by atomic mass is 16.2. The van der Waals surface area contributed by atoms with Crippen LogP contribution in [0.4, 0.5) is 4.79 Å². The third kappa shape index (κ3) is 5.85. The van der Waals surface area contributed by atoms with Crippen LogP contribution in [-0.2, 0) is 16.0 Å². The number of likely N-dealkylation sites (N-methyl/N-ethyl adjacent to an activating group) is 1. The van der Waals surface area contributed by atoms with Crippen molar-refractivity contribution in [1.29, 1.82) is 0 Å². The van der Waals surface area contributed by atoms with Gasteiger partial charge in [0, 0.05) is 32.3 Å². The number of carbonyl (C=O) groups excluding carboxylic acids is 3. The summed E-state index contributed by atoms with van der Waals surface area (Å²) in [5.41, 5.74) is 1.19. The Morgan fingerprint density at radius 2 is 1.67 bits per heavy atom. The van der Waals surface area contributed by atoms with E-state index in [1.807, 2.05) is 78.5 Å². The van der Waals surface area contributed by atoms with Crippen molar-refractivity contribution in [3.63, 3.8) is 0 Å². The average molecular weight is 489 g/mol. The van der Waals surface area contributed by atoms with E-state index >= 15 is 0 Å². The monoisotopic (exact) mass is 488 g/mol. The molecule has 7 nitrogen and oxygen atoms in total. The van der Waals surface area contributed by atoms with Gasteiger partial charge in [0.15, 0.2) is 0 Å². The number of piperidine rings is 1. The lowest BCUT2D eigenvalue weighted by Gasteiger charge is -2.41. The van der Waals surface area contributed by atoms with E-state index < -0.39 is 5.54 Å². The van der Waals surface area contributed by atoms with E-state index in [1.165, 1.54) is 4.90 Å². The second kappa shape index (κ2) is 11.5. The number of hydrogen-bond donors (Lipinski definition) is 1. The standard InChI is InChI=1S/C29H36N4O3/c1-31(2)21-22-33-27(35)29(30-28(33)36,18-15-24-11-7-4-8-12-24)25-16-19-32(20-17-25)26(34)14-13-23-9-5-3-6-10-23/h3-14,25H,15-22H2,1-2H3,(H,30,36)/b14-13+/t29-/m1/s1. The molecule has 190 valence electrons. The summed E-state index contributed by atoms with van der Waals surface area (Å²) in [4.78, 5) is 44.7. The molecular weight excluding hydrogens is 452 g/mol. The molecule has 1 N–H and O–H groups in total. The Bertz CT molecular complexity index is 1080. The molecule has 0 radical (unpaired) electrons. The molecule has 4 amide bonds. The van der Waals surface area contributed by atoms with E-state index in [2.05, 4.69) is 17.4 Å². The number of benzene rings is 2. The minimum absolute atomic E-state index is 0.0231. The van der Waals surface area contributed by atoms with Gasteiger partial charge >= 0.3 is 6.03 Å². The fourth-order valence-corrected chi connectivity index (χ4v) is 5.21. The van der Waals surface area contributed by atoms with Crippen molar-refractivity contribution in [2.75, 3.05) is 40.3 Å². The van der Waals surface area contributed by atoms with Gasteiger partial charge in [-0.25, -0.2) is 4.79 Å². The number of hydrogen-bond acceptors (Lipinski definition) is 4. The van der Waals surface area contributed by atoms with Crippen LogP contribution >= 0.6 is 0 Å². The van der Waals surface area contributed by atoms with E-state index in [0.717, 1.165) is 11.1 Å². The van der Waals surface area contributed by atoms with Gasteiger partial charge in [0.1, 0.15) is 5.54 Å². The first-order chi connectivity index (χ1) is 17.4. The zero-order chi connectivity index (χ0) is 25.5. The van der Waals surface area contributed by atoms with Gasteiger partial charge in [0.2, 0.25) is 5.91 Å². The van der Waals surface area contributed by atoms with Gasteiger partial charge in [-0.1, -0.05) is 60.7 Å². The van der Waals surface area contributed by atoms with Crippen LogP contribution in [0.1, 0.15) is 30.4 Å². The quantitative estimate of drug-likeness (QED) is 0.434. The maximum atomic E-state index is 13.8. The van der Waals surface area contributed by atoms with E-state index in [1.54, 1.807) is 6.08 Å². The lowest BCUT2D eigenvalue weighted by molar-refractivity contribution is -0.135. The number of likely N-dealkylation sites (tertiary alicyclic amines) is 1. The number of rotatable bonds is 9. The van der Waals surface area contributed by atoms with Gasteiger partial charge in [0.05, 0.1) is 0 Å². The van der Waals surface area contributed by atoms with Crippen molar-refractivity contribution in [2.45, 2.75) is 31.2 Å². The predicted octanol–water partition coefficient (Wildman–Crippen LogP) is 3.42. The summed E-state index contributed by atoms with van der Waals surface area (Å²) in [6, 6.07) is 19.5. The number of carbonyl (C=O) groups is 3. The molecule has 0 aromatic heterocycles. The fourth-order valence-electron chi connectivity index (χ4n) is 5.21. The van der Waals surface area contributed by atoms with Gasteiger partial charge in [-0.15, -0.1) is 0 Å². The first-order valence-corrected chi connectivity index (χ1v) is 12.7. The molecule has 0 saturated carbocycles. The molecule has 0 unspecified atom stereocenters. The molecule has 2 aromatic carbocycles. The molecule has 0 bridgehead atoms. The minimum atomic E-state index is -0.936. The van der Waals surface area contributed by atoms with Gasteiger partial charge in [-0.3, -0.25) is 14.5 Å². The lowest BCUT2D eigenvalue weighted by Crippen LogP contribution is -2.57. The zero-order valence-electron chi connectivity index (χ0n) is 21.2. The van der Waals surface area contributed by atoms with Crippen molar-refractivity contribution in [2.24, 2.45) is 5.92 Å². The average Bonchev–Trinajstić information content (AvgIpc) is 3.15. The van der Waals surface area contributed by atoms with Crippen LogP contribution in [0.25, 0.3) is 6.08 Å². The van der Waals surface area contributed by atoms with Gasteiger partial charge in [-0.2, -0.15) is 0 Å². The van der Waals surface area contributed by atoms with Gasteiger partial charge < -0.3 is 15.1 Å². The highest BCUT2D eigenvalue weighted by Crippen LogP contribution is 2.37. The highest BCUT2D eigenvalue weighted by molar-refractivity contribution is 6.07. The zero-order valence-corrected chi connectivity index (χ0v) is 21.2. The summed E-state index contributed by atoms with van der Waals surface area (Å²) >= 11 is 0. The number of aryl methyl sites for hydroxylation is 1. The summed E-state index contributed by atoms with van der Waals surface area (Å²) in [6.07, 6.45) is 6.05. The van der Waals surface area contributed by atoms with Crippen LogP contribution in [0.5, 0.6) is 0 Å². The SMILES string of the molecule is CN(C)CCN1C(=O)N[C@](CCc2ccccc2)(C2CCN(C(=O)/C=C/c3ccccc3)CC2)C1=O. The first-order valence-electron chi connectivity index (χ1n) is 12.7. The minimum Gasteiger partial charge on any atom is -0.339 e. The largest absolute Gasteiger partial charge is 0.339 e. The van der Waals surface area contributed by atoms with Crippen LogP contribution in [0.15, 0.2) is 66.7 Å². The van der Waals surface area contributed by atoms with E-state index in [0.29, 0.717) is 51.9 Å². The van der Waals surface area contributed by atoms with Gasteiger partial charge in [-0.05, 0) is 62.9 Å². The van der Waals surface area contributed by atoms with Crippen molar-refractivity contribution in [3.05, 3.63) is 77.9 Å².